The van der Waals surface area contributed by atoms with E-state index >= 15 is 0 Å². The highest BCUT2D eigenvalue weighted by atomic mass is 19.1. The number of hydrogen-bond acceptors (Lipinski definition) is 2. The molecule has 0 radical (unpaired) electrons. The average molecular weight is 438 g/mol. The lowest BCUT2D eigenvalue weighted by atomic mass is 9.89. The number of para-hydroxylation sites is 2. The van der Waals surface area contributed by atoms with Gasteiger partial charge in [0.25, 0.3) is 0 Å². The number of nitrogens with zero attached hydrogens (tertiary/aromatic N) is 3. The van der Waals surface area contributed by atoms with Gasteiger partial charge >= 0.3 is 0 Å². The molecule has 0 aliphatic rings. The minimum Gasteiger partial charge on any atom is -0.279 e. The Morgan fingerprint density at radius 2 is 1.59 bits per heavy atom. The summed E-state index contributed by atoms with van der Waals surface area (Å²) in [5, 5.41) is 0.992. The third-order valence-corrected chi connectivity index (χ3v) is 5.58. The minimum absolute atomic E-state index is 0.198. The Morgan fingerprint density at radius 1 is 0.938 bits per heavy atom. The van der Waals surface area contributed by atoms with Gasteiger partial charge in [-0.15, -0.1) is 0 Å². The highest BCUT2D eigenvalue weighted by molar-refractivity contribution is 5.99. The molecule has 2 aromatic carbocycles. The van der Waals surface area contributed by atoms with Crippen LogP contribution in [-0.4, -0.2) is 14.4 Å². The predicted octanol–water partition coefficient (Wildman–Crippen LogP) is 8.82. The molecule has 0 fully saturated rings. The number of imidazole rings is 1. The number of halogens is 1. The van der Waals surface area contributed by atoms with Crippen molar-refractivity contribution in [1.82, 2.24) is 14.4 Å². The molecule has 4 rings (SSSR count). The van der Waals surface area contributed by atoms with E-state index in [0.717, 1.165) is 52.7 Å². The van der Waals surface area contributed by atoms with Crippen molar-refractivity contribution in [2.75, 3.05) is 0 Å². The summed E-state index contributed by atoms with van der Waals surface area (Å²) in [6, 6.07) is 11.4. The third kappa shape index (κ3) is 4.79. The summed E-state index contributed by atoms with van der Waals surface area (Å²) < 4.78 is 16.8. The normalized spacial score (nSPS) is 12.3. The van der Waals surface area contributed by atoms with E-state index < -0.39 is 0 Å². The number of rotatable bonds is 4. The van der Waals surface area contributed by atoms with Crippen LogP contribution in [0.4, 0.5) is 4.39 Å². The zero-order chi connectivity index (χ0) is 24.1. The molecule has 0 aliphatic heterocycles. The van der Waals surface area contributed by atoms with E-state index in [1.165, 1.54) is 0 Å². The van der Waals surface area contributed by atoms with Crippen LogP contribution >= 0.6 is 0 Å². The Bertz CT molecular complexity index is 1170. The molecule has 4 heteroatoms. The van der Waals surface area contributed by atoms with Crippen LogP contribution in [0.25, 0.3) is 27.6 Å². The molecule has 174 valence electrons. The Kier molecular flexibility index (Phi) is 8.77. The van der Waals surface area contributed by atoms with Crippen LogP contribution in [0.1, 0.15) is 98.9 Å². The Hall–Kier alpha value is -2.49. The summed E-state index contributed by atoms with van der Waals surface area (Å²) >= 11 is 0. The maximum atomic E-state index is 14.6. The van der Waals surface area contributed by atoms with E-state index in [9.17, 15) is 4.39 Å². The lowest BCUT2D eigenvalue weighted by Gasteiger charge is -2.23. The zero-order valence-corrected chi connectivity index (χ0v) is 21.4. The fourth-order valence-electron chi connectivity index (χ4n) is 4.27. The Labute approximate surface area is 193 Å². The number of benzene rings is 2. The molecule has 0 saturated heterocycles. The molecule has 1 atom stereocenters. The van der Waals surface area contributed by atoms with Gasteiger partial charge in [0.05, 0.1) is 16.6 Å². The maximum absolute atomic E-state index is 14.6. The minimum atomic E-state index is -0.218. The predicted molar refractivity (Wildman–Crippen MR) is 137 cm³/mol. The summed E-state index contributed by atoms with van der Waals surface area (Å²) in [5.41, 5.74) is 4.43. The maximum Gasteiger partial charge on any atom is 0.149 e. The molecule has 4 aromatic rings. The highest BCUT2D eigenvalue weighted by Crippen LogP contribution is 2.37. The van der Waals surface area contributed by atoms with Crippen molar-refractivity contribution in [2.45, 2.75) is 92.9 Å². The number of hydrogen-bond donors (Lipinski definition) is 0. The summed E-state index contributed by atoms with van der Waals surface area (Å²) in [6.45, 7) is 18.8. The second-order valence-electron chi connectivity index (χ2n) is 8.73. The molecule has 3 nitrogen and oxygen atoms in total. The monoisotopic (exact) mass is 437 g/mol. The summed E-state index contributed by atoms with van der Waals surface area (Å²) in [6.07, 6.45) is 3.07. The van der Waals surface area contributed by atoms with E-state index in [-0.39, 0.29) is 11.2 Å². The lowest BCUT2D eigenvalue weighted by molar-refractivity contribution is 0.541. The molecule has 32 heavy (non-hydrogen) atoms. The van der Waals surface area contributed by atoms with Crippen LogP contribution in [0.15, 0.2) is 36.4 Å². The fraction of sp³-hybridized carbons (Fsp3) is 0.500. The SMILES string of the molecule is CC.CC.CCCC(CC)c1cc(F)cc2nc(C(C)(C)C)n3c4ccccc4nc3c12. The van der Waals surface area contributed by atoms with Gasteiger partial charge in [0.1, 0.15) is 17.3 Å². The van der Waals surface area contributed by atoms with Gasteiger partial charge in [0.2, 0.25) is 0 Å². The van der Waals surface area contributed by atoms with Crippen LogP contribution in [-0.2, 0) is 5.41 Å². The van der Waals surface area contributed by atoms with Crippen molar-refractivity contribution in [2.24, 2.45) is 0 Å². The van der Waals surface area contributed by atoms with Gasteiger partial charge in [-0.25, -0.2) is 14.4 Å². The van der Waals surface area contributed by atoms with Crippen LogP contribution in [0.5, 0.6) is 0 Å². The van der Waals surface area contributed by atoms with Gasteiger partial charge in [0, 0.05) is 16.9 Å². The van der Waals surface area contributed by atoms with Crippen molar-refractivity contribution in [1.29, 1.82) is 0 Å². The second kappa shape index (κ2) is 10.9. The smallest absolute Gasteiger partial charge is 0.149 e. The summed E-state index contributed by atoms with van der Waals surface area (Å²) in [7, 11) is 0. The van der Waals surface area contributed by atoms with Crippen LogP contribution < -0.4 is 0 Å². The first kappa shape index (κ1) is 25.8. The second-order valence-corrected chi connectivity index (χ2v) is 8.73. The van der Waals surface area contributed by atoms with Gasteiger partial charge in [-0.1, -0.05) is 80.9 Å². The van der Waals surface area contributed by atoms with Gasteiger partial charge < -0.3 is 0 Å². The molecule has 0 bridgehead atoms. The van der Waals surface area contributed by atoms with E-state index in [2.05, 4.69) is 45.1 Å². The first-order valence-corrected chi connectivity index (χ1v) is 12.3. The van der Waals surface area contributed by atoms with E-state index in [0.29, 0.717) is 11.4 Å². The van der Waals surface area contributed by atoms with Crippen molar-refractivity contribution < 1.29 is 4.39 Å². The molecule has 2 heterocycles. The van der Waals surface area contributed by atoms with Gasteiger partial charge in [-0.05, 0) is 42.5 Å². The quantitative estimate of drug-likeness (QED) is 0.319. The first-order valence-electron chi connectivity index (χ1n) is 12.3. The van der Waals surface area contributed by atoms with Gasteiger partial charge in [-0.2, -0.15) is 0 Å². The van der Waals surface area contributed by atoms with Crippen LogP contribution in [0.2, 0.25) is 0 Å². The van der Waals surface area contributed by atoms with E-state index in [1.54, 1.807) is 12.1 Å². The third-order valence-electron chi connectivity index (χ3n) is 5.58. The molecule has 1 unspecified atom stereocenters. The molecular weight excluding hydrogens is 397 g/mol. The van der Waals surface area contributed by atoms with Gasteiger partial charge in [-0.3, -0.25) is 4.40 Å². The zero-order valence-electron chi connectivity index (χ0n) is 21.4. The number of fused-ring (bicyclic) bond motifs is 5. The Morgan fingerprint density at radius 3 is 2.19 bits per heavy atom. The van der Waals surface area contributed by atoms with Crippen molar-refractivity contribution in [3.05, 3.63) is 53.6 Å². The molecule has 0 aliphatic carbocycles. The van der Waals surface area contributed by atoms with Crippen LogP contribution in [0.3, 0.4) is 0 Å². The van der Waals surface area contributed by atoms with Crippen molar-refractivity contribution >= 4 is 27.6 Å². The van der Waals surface area contributed by atoms with E-state index in [1.807, 2.05) is 45.9 Å². The van der Waals surface area contributed by atoms with E-state index in [4.69, 9.17) is 9.97 Å². The number of aromatic nitrogens is 3. The standard InChI is InChI=1S/C24H28FN3.2C2H6/c1-6-10-15(7-2)17-13-16(25)14-19-21(17)22-26-18-11-8-9-12-20(18)28(22)23(27-19)24(3,4)5;2*1-2/h8-9,11-15H,6-7,10H2,1-5H3;2*1-2H3. The Balaban J connectivity index is 0.000000860. The average Bonchev–Trinajstić information content (AvgIpc) is 3.17. The van der Waals surface area contributed by atoms with Gasteiger partial charge in [0.15, 0.2) is 0 Å². The highest BCUT2D eigenvalue weighted by Gasteiger charge is 2.26. The van der Waals surface area contributed by atoms with Crippen molar-refractivity contribution in [3.63, 3.8) is 0 Å². The lowest BCUT2D eigenvalue weighted by Crippen LogP contribution is -2.19. The molecule has 0 N–H and O–H groups in total. The topological polar surface area (TPSA) is 30.2 Å². The molecule has 0 spiro atoms. The molecule has 0 saturated carbocycles. The van der Waals surface area contributed by atoms with Crippen molar-refractivity contribution in [3.8, 4) is 0 Å². The molecular formula is C28H40FN3. The summed E-state index contributed by atoms with van der Waals surface area (Å²) in [5.74, 6) is 0.989. The largest absolute Gasteiger partial charge is 0.279 e. The summed E-state index contributed by atoms with van der Waals surface area (Å²) in [4.78, 5) is 9.96. The first-order chi connectivity index (χ1) is 15.3. The molecule has 2 aromatic heterocycles. The fourth-order valence-corrected chi connectivity index (χ4v) is 4.27. The molecule has 0 amide bonds. The van der Waals surface area contributed by atoms with Crippen LogP contribution in [0, 0.1) is 5.82 Å².